The molecular formula is C16H30N2O4. The fourth-order valence-electron chi connectivity index (χ4n) is 2.83. The van der Waals surface area contributed by atoms with Gasteiger partial charge in [0.05, 0.1) is 18.8 Å². The number of carbonyl (C=O) groups is 1. The van der Waals surface area contributed by atoms with Crippen molar-refractivity contribution in [2.75, 3.05) is 26.2 Å². The van der Waals surface area contributed by atoms with Gasteiger partial charge in [-0.15, -0.1) is 0 Å². The van der Waals surface area contributed by atoms with Crippen LogP contribution in [0.25, 0.3) is 0 Å². The van der Waals surface area contributed by atoms with E-state index in [0.29, 0.717) is 19.2 Å². The maximum absolute atomic E-state index is 11.9. The molecule has 2 aliphatic rings. The normalized spacial score (nSPS) is 23.5. The molecule has 1 heterocycles. The summed E-state index contributed by atoms with van der Waals surface area (Å²) in [5.74, 6) is -0.189. The average molecular weight is 314 g/mol. The zero-order valence-corrected chi connectivity index (χ0v) is 13.7. The lowest BCUT2D eigenvalue weighted by Gasteiger charge is -2.34. The number of ether oxygens (including phenoxy) is 1. The van der Waals surface area contributed by atoms with Gasteiger partial charge in [-0.05, 0) is 58.5 Å². The highest BCUT2D eigenvalue weighted by molar-refractivity contribution is 5.81. The Labute approximate surface area is 132 Å². The highest BCUT2D eigenvalue weighted by Gasteiger charge is 2.33. The molecule has 1 saturated carbocycles. The Hall–Kier alpha value is -0.690. The summed E-state index contributed by atoms with van der Waals surface area (Å²) in [7, 11) is 0. The van der Waals surface area contributed by atoms with Gasteiger partial charge in [-0.25, -0.2) is 0 Å². The number of β-amino-alcohol motifs (C(OH)–C–C–N with tert-alkyl or cyclic N) is 1. The van der Waals surface area contributed by atoms with E-state index < -0.39 is 12.2 Å². The van der Waals surface area contributed by atoms with E-state index in [1.165, 1.54) is 0 Å². The largest absolute Gasteiger partial charge is 0.389 e. The Morgan fingerprint density at radius 1 is 1.23 bits per heavy atom. The monoisotopic (exact) mass is 314 g/mol. The van der Waals surface area contributed by atoms with Gasteiger partial charge in [0, 0.05) is 12.6 Å². The summed E-state index contributed by atoms with van der Waals surface area (Å²) < 4.78 is 5.41. The van der Waals surface area contributed by atoms with Crippen molar-refractivity contribution in [1.29, 1.82) is 0 Å². The minimum atomic E-state index is -0.892. The lowest BCUT2D eigenvalue weighted by atomic mass is 9.90. The van der Waals surface area contributed by atoms with Crippen LogP contribution in [-0.2, 0) is 9.53 Å². The number of rotatable bonds is 8. The number of piperidine rings is 1. The van der Waals surface area contributed by atoms with E-state index >= 15 is 0 Å². The van der Waals surface area contributed by atoms with Crippen molar-refractivity contribution in [3.63, 3.8) is 0 Å². The molecule has 0 spiro atoms. The molecule has 1 aliphatic carbocycles. The molecular weight excluding hydrogens is 284 g/mol. The van der Waals surface area contributed by atoms with Crippen LogP contribution in [0.3, 0.4) is 0 Å². The van der Waals surface area contributed by atoms with E-state index in [9.17, 15) is 15.0 Å². The molecule has 1 saturated heterocycles. The zero-order chi connectivity index (χ0) is 16.1. The first-order chi connectivity index (χ1) is 10.5. The van der Waals surface area contributed by atoms with Gasteiger partial charge in [-0.1, -0.05) is 0 Å². The zero-order valence-electron chi connectivity index (χ0n) is 13.7. The molecule has 6 heteroatoms. The lowest BCUT2D eigenvalue weighted by Crippen LogP contribution is -2.46. The van der Waals surface area contributed by atoms with Crippen LogP contribution in [0.1, 0.15) is 39.5 Å². The lowest BCUT2D eigenvalue weighted by molar-refractivity contribution is -0.133. The highest BCUT2D eigenvalue weighted by atomic mass is 16.5. The molecule has 0 radical (unpaired) electrons. The summed E-state index contributed by atoms with van der Waals surface area (Å²) in [5, 5.41) is 22.9. The third-order valence-corrected chi connectivity index (χ3v) is 4.36. The molecule has 2 fully saturated rings. The second kappa shape index (κ2) is 8.24. The molecule has 0 aromatic carbocycles. The van der Waals surface area contributed by atoms with Gasteiger partial charge in [0.25, 0.3) is 0 Å². The summed E-state index contributed by atoms with van der Waals surface area (Å²) >= 11 is 0. The predicted octanol–water partition coefficient (Wildman–Crippen LogP) is 0.124. The van der Waals surface area contributed by atoms with Crippen LogP contribution in [0.15, 0.2) is 0 Å². The summed E-state index contributed by atoms with van der Waals surface area (Å²) in [5.41, 5.74) is 0. The third-order valence-electron chi connectivity index (χ3n) is 4.36. The molecule has 0 aromatic heterocycles. The van der Waals surface area contributed by atoms with Crippen LogP contribution >= 0.6 is 0 Å². The van der Waals surface area contributed by atoms with Gasteiger partial charge in [-0.2, -0.15) is 0 Å². The van der Waals surface area contributed by atoms with Crippen LogP contribution in [0.4, 0.5) is 0 Å². The summed E-state index contributed by atoms with van der Waals surface area (Å²) in [6.07, 6.45) is 2.40. The minimum absolute atomic E-state index is 0.0269. The molecule has 22 heavy (non-hydrogen) atoms. The van der Waals surface area contributed by atoms with Crippen molar-refractivity contribution in [2.45, 2.75) is 63.9 Å². The first-order valence-corrected chi connectivity index (χ1v) is 8.46. The van der Waals surface area contributed by atoms with E-state index in [0.717, 1.165) is 38.8 Å². The average Bonchev–Trinajstić information content (AvgIpc) is 3.29. The number of hydrogen-bond donors (Lipinski definition) is 3. The van der Waals surface area contributed by atoms with E-state index in [-0.39, 0.29) is 17.9 Å². The summed E-state index contributed by atoms with van der Waals surface area (Å²) in [4.78, 5) is 14.0. The molecule has 0 unspecified atom stereocenters. The SMILES string of the molecule is CC(C)OC[C@H](O)CN1CCC([C@@H](O)C(=O)NC2CC2)CC1. The predicted molar refractivity (Wildman–Crippen MR) is 83.4 cm³/mol. The number of nitrogens with zero attached hydrogens (tertiary/aromatic N) is 1. The van der Waals surface area contributed by atoms with Crippen molar-refractivity contribution in [2.24, 2.45) is 5.92 Å². The molecule has 128 valence electrons. The van der Waals surface area contributed by atoms with Crippen molar-refractivity contribution < 1.29 is 19.7 Å². The number of carbonyl (C=O) groups excluding carboxylic acids is 1. The van der Waals surface area contributed by atoms with Gasteiger partial charge < -0.3 is 25.2 Å². The van der Waals surface area contributed by atoms with Crippen LogP contribution in [0.5, 0.6) is 0 Å². The fraction of sp³-hybridized carbons (Fsp3) is 0.938. The van der Waals surface area contributed by atoms with Gasteiger partial charge >= 0.3 is 0 Å². The van der Waals surface area contributed by atoms with E-state index in [2.05, 4.69) is 10.2 Å². The van der Waals surface area contributed by atoms with Gasteiger partial charge in [0.15, 0.2) is 0 Å². The Bertz CT molecular complexity index is 352. The Kier molecular flexibility index (Phi) is 6.62. The second-order valence-corrected chi connectivity index (χ2v) is 6.90. The highest BCUT2D eigenvalue weighted by Crippen LogP contribution is 2.23. The van der Waals surface area contributed by atoms with Gasteiger partial charge in [0.2, 0.25) is 5.91 Å². The molecule has 1 amide bonds. The number of nitrogens with one attached hydrogen (secondary N) is 1. The first kappa shape index (κ1) is 17.7. The van der Waals surface area contributed by atoms with Crippen molar-refractivity contribution >= 4 is 5.91 Å². The smallest absolute Gasteiger partial charge is 0.249 e. The standard InChI is InChI=1S/C16H30N2O4/c1-11(2)22-10-14(19)9-18-7-5-12(6-8-18)15(20)16(21)17-13-3-4-13/h11-15,19-20H,3-10H2,1-2H3,(H,17,21)/t14-,15-/m1/s1. The number of aliphatic hydroxyl groups excluding tert-OH is 2. The maximum atomic E-state index is 11.9. The molecule has 0 bridgehead atoms. The van der Waals surface area contributed by atoms with E-state index in [1.54, 1.807) is 0 Å². The molecule has 3 N–H and O–H groups in total. The van der Waals surface area contributed by atoms with Crippen molar-refractivity contribution in [3.05, 3.63) is 0 Å². The number of aliphatic hydroxyl groups is 2. The van der Waals surface area contributed by atoms with Crippen molar-refractivity contribution in [3.8, 4) is 0 Å². The number of likely N-dealkylation sites (tertiary alicyclic amines) is 1. The van der Waals surface area contributed by atoms with E-state index in [1.807, 2.05) is 13.8 Å². The van der Waals surface area contributed by atoms with E-state index in [4.69, 9.17) is 4.74 Å². The first-order valence-electron chi connectivity index (χ1n) is 8.46. The Morgan fingerprint density at radius 2 is 1.86 bits per heavy atom. The summed E-state index contributed by atoms with van der Waals surface area (Å²) in [6.45, 7) is 6.45. The number of hydrogen-bond acceptors (Lipinski definition) is 5. The fourth-order valence-corrected chi connectivity index (χ4v) is 2.83. The molecule has 2 rings (SSSR count). The summed E-state index contributed by atoms with van der Waals surface area (Å²) in [6, 6.07) is 0.290. The third kappa shape index (κ3) is 5.83. The quantitative estimate of drug-likeness (QED) is 0.593. The molecule has 2 atom stereocenters. The van der Waals surface area contributed by atoms with Gasteiger partial charge in [0.1, 0.15) is 6.10 Å². The molecule has 0 aromatic rings. The maximum Gasteiger partial charge on any atom is 0.249 e. The van der Waals surface area contributed by atoms with Crippen LogP contribution in [-0.4, -0.2) is 71.6 Å². The van der Waals surface area contributed by atoms with Crippen LogP contribution < -0.4 is 5.32 Å². The van der Waals surface area contributed by atoms with Crippen LogP contribution in [0, 0.1) is 5.92 Å². The van der Waals surface area contributed by atoms with Crippen LogP contribution in [0.2, 0.25) is 0 Å². The van der Waals surface area contributed by atoms with Gasteiger partial charge in [-0.3, -0.25) is 4.79 Å². The number of amides is 1. The minimum Gasteiger partial charge on any atom is -0.389 e. The molecule has 1 aliphatic heterocycles. The Morgan fingerprint density at radius 3 is 2.41 bits per heavy atom. The topological polar surface area (TPSA) is 82.0 Å². The second-order valence-electron chi connectivity index (χ2n) is 6.90. The van der Waals surface area contributed by atoms with Crippen molar-refractivity contribution in [1.82, 2.24) is 10.2 Å². The molecule has 6 nitrogen and oxygen atoms in total. The Balaban J connectivity index is 1.65.